The largest absolute Gasteiger partial charge is 0.396 e. The van der Waals surface area contributed by atoms with Crippen LogP contribution >= 0.6 is 0 Å². The van der Waals surface area contributed by atoms with Crippen LogP contribution < -0.4 is 5.32 Å². The van der Waals surface area contributed by atoms with Gasteiger partial charge in [-0.1, -0.05) is 13.0 Å². The third kappa shape index (κ3) is 3.31. The summed E-state index contributed by atoms with van der Waals surface area (Å²) in [6.07, 6.45) is 0. The molecule has 1 rings (SSSR count). The van der Waals surface area contributed by atoms with Gasteiger partial charge in [0.1, 0.15) is 5.82 Å². The molecule has 0 spiro atoms. The number of benzene rings is 1. The molecule has 0 aliphatic carbocycles. The molecule has 0 bridgehead atoms. The first-order chi connectivity index (χ1) is 7.54. The van der Waals surface area contributed by atoms with Gasteiger partial charge in [-0.3, -0.25) is 4.79 Å². The Balaban J connectivity index is 2.66. The van der Waals surface area contributed by atoms with Crippen molar-refractivity contribution in [3.05, 3.63) is 35.6 Å². The summed E-state index contributed by atoms with van der Waals surface area (Å²) in [4.78, 5) is 11.7. The average molecular weight is 225 g/mol. The number of amides is 1. The van der Waals surface area contributed by atoms with Crippen molar-refractivity contribution in [1.82, 2.24) is 5.32 Å². The van der Waals surface area contributed by atoms with Crippen LogP contribution in [0.2, 0.25) is 0 Å². The normalized spacial score (nSPS) is 14.2. The summed E-state index contributed by atoms with van der Waals surface area (Å²) in [7, 11) is 0. The van der Waals surface area contributed by atoms with E-state index < -0.39 is 5.82 Å². The van der Waals surface area contributed by atoms with E-state index in [1.165, 1.54) is 18.2 Å². The molecule has 2 unspecified atom stereocenters. The van der Waals surface area contributed by atoms with Crippen molar-refractivity contribution < 1.29 is 14.3 Å². The van der Waals surface area contributed by atoms with Crippen molar-refractivity contribution >= 4 is 5.91 Å². The van der Waals surface area contributed by atoms with E-state index in [9.17, 15) is 9.18 Å². The molecule has 88 valence electrons. The van der Waals surface area contributed by atoms with Crippen molar-refractivity contribution in [2.75, 3.05) is 6.61 Å². The molecular weight excluding hydrogens is 209 g/mol. The van der Waals surface area contributed by atoms with E-state index in [-0.39, 0.29) is 30.0 Å². The van der Waals surface area contributed by atoms with Crippen LogP contribution in [0, 0.1) is 11.7 Å². The molecule has 0 aliphatic rings. The SMILES string of the molecule is CC(CO)C(C)NC(=O)c1cccc(F)c1. The lowest BCUT2D eigenvalue weighted by Crippen LogP contribution is -2.38. The first kappa shape index (κ1) is 12.6. The Kier molecular flexibility index (Phi) is 4.43. The molecule has 0 heterocycles. The Hall–Kier alpha value is -1.42. The third-order valence-electron chi connectivity index (χ3n) is 2.59. The molecule has 0 aliphatic heterocycles. The van der Waals surface area contributed by atoms with Gasteiger partial charge in [0, 0.05) is 18.2 Å². The van der Waals surface area contributed by atoms with E-state index in [0.717, 1.165) is 0 Å². The number of carbonyl (C=O) groups excluding carboxylic acids is 1. The zero-order valence-corrected chi connectivity index (χ0v) is 9.40. The number of aliphatic hydroxyl groups is 1. The molecule has 3 nitrogen and oxygen atoms in total. The standard InChI is InChI=1S/C12H16FNO2/c1-8(7-15)9(2)14-12(16)10-4-3-5-11(13)6-10/h3-6,8-9,15H,7H2,1-2H3,(H,14,16). The summed E-state index contributed by atoms with van der Waals surface area (Å²) >= 11 is 0. The molecule has 4 heteroatoms. The number of rotatable bonds is 4. The van der Waals surface area contributed by atoms with Gasteiger partial charge in [0.15, 0.2) is 0 Å². The number of aliphatic hydroxyl groups excluding tert-OH is 1. The van der Waals surface area contributed by atoms with Gasteiger partial charge in [0.25, 0.3) is 5.91 Å². The molecule has 1 aromatic rings. The van der Waals surface area contributed by atoms with Gasteiger partial charge in [-0.05, 0) is 31.0 Å². The number of hydrogen-bond acceptors (Lipinski definition) is 2. The molecular formula is C12H16FNO2. The minimum atomic E-state index is -0.435. The maximum absolute atomic E-state index is 12.9. The fourth-order valence-corrected chi connectivity index (χ4v) is 1.22. The fourth-order valence-electron chi connectivity index (χ4n) is 1.22. The molecule has 1 aromatic carbocycles. The summed E-state index contributed by atoms with van der Waals surface area (Å²) in [6, 6.07) is 5.36. The molecule has 0 saturated heterocycles. The van der Waals surface area contributed by atoms with E-state index in [1.807, 2.05) is 6.92 Å². The monoisotopic (exact) mass is 225 g/mol. The lowest BCUT2D eigenvalue weighted by molar-refractivity contribution is 0.0916. The van der Waals surface area contributed by atoms with Gasteiger partial charge in [0.05, 0.1) is 0 Å². The van der Waals surface area contributed by atoms with Crippen LogP contribution in [0.15, 0.2) is 24.3 Å². The first-order valence-electron chi connectivity index (χ1n) is 5.22. The third-order valence-corrected chi connectivity index (χ3v) is 2.59. The Labute approximate surface area is 94.3 Å². The summed E-state index contributed by atoms with van der Waals surface area (Å²) in [5.74, 6) is -0.791. The molecule has 16 heavy (non-hydrogen) atoms. The summed E-state index contributed by atoms with van der Waals surface area (Å²) in [5.41, 5.74) is 0.289. The Bertz CT molecular complexity index is 368. The highest BCUT2D eigenvalue weighted by Crippen LogP contribution is 2.06. The maximum Gasteiger partial charge on any atom is 0.251 e. The smallest absolute Gasteiger partial charge is 0.251 e. The molecule has 1 amide bonds. The number of hydrogen-bond donors (Lipinski definition) is 2. The highest BCUT2D eigenvalue weighted by Gasteiger charge is 2.15. The molecule has 0 fully saturated rings. The van der Waals surface area contributed by atoms with Crippen molar-refractivity contribution in [3.8, 4) is 0 Å². The van der Waals surface area contributed by atoms with Crippen molar-refractivity contribution in [1.29, 1.82) is 0 Å². The van der Waals surface area contributed by atoms with Gasteiger partial charge in [0.2, 0.25) is 0 Å². The predicted octanol–water partition coefficient (Wildman–Crippen LogP) is 1.57. The number of nitrogens with one attached hydrogen (secondary N) is 1. The molecule has 0 aromatic heterocycles. The highest BCUT2D eigenvalue weighted by atomic mass is 19.1. The van der Waals surface area contributed by atoms with Crippen molar-refractivity contribution in [3.63, 3.8) is 0 Å². The van der Waals surface area contributed by atoms with E-state index >= 15 is 0 Å². The highest BCUT2D eigenvalue weighted by molar-refractivity contribution is 5.94. The van der Waals surface area contributed by atoms with Crippen LogP contribution in [0.4, 0.5) is 4.39 Å². The van der Waals surface area contributed by atoms with Gasteiger partial charge < -0.3 is 10.4 Å². The van der Waals surface area contributed by atoms with Crippen LogP contribution in [-0.4, -0.2) is 23.7 Å². The second kappa shape index (κ2) is 5.61. The topological polar surface area (TPSA) is 49.3 Å². The zero-order chi connectivity index (χ0) is 12.1. The van der Waals surface area contributed by atoms with E-state index in [2.05, 4.69) is 5.32 Å². The Morgan fingerprint density at radius 1 is 1.50 bits per heavy atom. The Morgan fingerprint density at radius 3 is 2.75 bits per heavy atom. The Morgan fingerprint density at radius 2 is 2.19 bits per heavy atom. The maximum atomic E-state index is 12.9. The van der Waals surface area contributed by atoms with Crippen LogP contribution in [0.1, 0.15) is 24.2 Å². The van der Waals surface area contributed by atoms with Gasteiger partial charge in [-0.2, -0.15) is 0 Å². The summed E-state index contributed by atoms with van der Waals surface area (Å²) < 4.78 is 12.9. The number of carbonyl (C=O) groups is 1. The quantitative estimate of drug-likeness (QED) is 0.817. The minimum absolute atomic E-state index is 0.00456. The summed E-state index contributed by atoms with van der Waals surface area (Å²) in [6.45, 7) is 3.64. The second-order valence-electron chi connectivity index (χ2n) is 3.93. The van der Waals surface area contributed by atoms with Crippen molar-refractivity contribution in [2.24, 2.45) is 5.92 Å². The van der Waals surface area contributed by atoms with Gasteiger partial charge >= 0.3 is 0 Å². The first-order valence-corrected chi connectivity index (χ1v) is 5.22. The average Bonchev–Trinajstić information content (AvgIpc) is 2.27. The van der Waals surface area contributed by atoms with Crippen LogP contribution in [-0.2, 0) is 0 Å². The van der Waals surface area contributed by atoms with Gasteiger partial charge in [-0.25, -0.2) is 4.39 Å². The van der Waals surface area contributed by atoms with Gasteiger partial charge in [-0.15, -0.1) is 0 Å². The van der Waals surface area contributed by atoms with Crippen LogP contribution in [0.5, 0.6) is 0 Å². The van der Waals surface area contributed by atoms with Crippen LogP contribution in [0.25, 0.3) is 0 Å². The fraction of sp³-hybridized carbons (Fsp3) is 0.417. The molecule has 0 saturated carbocycles. The predicted molar refractivity (Wildman–Crippen MR) is 59.6 cm³/mol. The molecule has 0 radical (unpaired) electrons. The van der Waals surface area contributed by atoms with E-state index in [0.29, 0.717) is 0 Å². The van der Waals surface area contributed by atoms with Crippen molar-refractivity contribution in [2.45, 2.75) is 19.9 Å². The lowest BCUT2D eigenvalue weighted by atomic mass is 10.0. The molecule has 2 N–H and O–H groups in total. The summed E-state index contributed by atoms with van der Waals surface area (Å²) in [5, 5.41) is 11.6. The van der Waals surface area contributed by atoms with Crippen LogP contribution in [0.3, 0.4) is 0 Å². The van der Waals surface area contributed by atoms with E-state index in [1.54, 1.807) is 13.0 Å². The number of halogens is 1. The second-order valence-corrected chi connectivity index (χ2v) is 3.93. The lowest BCUT2D eigenvalue weighted by Gasteiger charge is -2.19. The molecule has 2 atom stereocenters. The van der Waals surface area contributed by atoms with E-state index in [4.69, 9.17) is 5.11 Å². The minimum Gasteiger partial charge on any atom is -0.396 e. The zero-order valence-electron chi connectivity index (χ0n) is 9.40.